The first-order valence-corrected chi connectivity index (χ1v) is 19.6. The number of rotatable bonds is 15. The average Bonchev–Trinajstić information content (AvgIpc) is 3.23. The molecule has 17 heteroatoms. The van der Waals surface area contributed by atoms with Gasteiger partial charge < -0.3 is 4.74 Å². The Balaban J connectivity index is 1.37. The summed E-state index contributed by atoms with van der Waals surface area (Å²) in [6, 6.07) is 22.6. The van der Waals surface area contributed by atoms with Crippen LogP contribution in [0.5, 0.6) is 11.5 Å². The van der Waals surface area contributed by atoms with E-state index in [0.717, 1.165) is 0 Å². The maximum absolute atomic E-state index is 15.0. The van der Waals surface area contributed by atoms with Crippen LogP contribution in [0.15, 0.2) is 97.1 Å². The molecule has 0 aliphatic carbocycles. The number of aliphatic hydroxyl groups is 2. The summed E-state index contributed by atoms with van der Waals surface area (Å²) in [6.07, 6.45) is -3.28. The molecule has 4 aromatic carbocycles. The van der Waals surface area contributed by atoms with E-state index in [2.05, 4.69) is 0 Å². The first kappa shape index (κ1) is 39.5. The molecular weight excluding hydrogens is 735 g/mol. The van der Waals surface area contributed by atoms with Crippen LogP contribution in [0.25, 0.3) is 0 Å². The standard InChI is InChI=1S/C38H43N4O12P/c1-4-52-55(53-25(2)54-55)24-51-33-15-11-26(12-16-33)21-34-36(43)37(44)35(29-13-17-32(50-3)18-14-29)40(23-28-8-6-10-31(20-28)42(48)49)38(45)39(34)22-27-7-5-9-30(19-27)41(46)47/h5-20,25,34-37,43-44,55H,4,21-24H2,1-3H3/t34-,35?,36+,37+/m1/s1. The molecule has 2 N–H and O–H groups in total. The van der Waals surface area contributed by atoms with Crippen molar-refractivity contribution in [1.29, 1.82) is 0 Å². The summed E-state index contributed by atoms with van der Waals surface area (Å²) in [7, 11) is -1.42. The predicted octanol–water partition coefficient (Wildman–Crippen LogP) is 6.28. The van der Waals surface area contributed by atoms with Gasteiger partial charge in [-0.25, -0.2) is 0 Å². The number of nitrogens with zero attached hydrogens (tertiary/aromatic N) is 4. The molecule has 0 aromatic heterocycles. The normalized spacial score (nSPS) is 22.6. The van der Waals surface area contributed by atoms with Crippen molar-refractivity contribution in [1.82, 2.24) is 9.80 Å². The number of urea groups is 1. The molecule has 0 saturated carbocycles. The second-order valence-corrected chi connectivity index (χ2v) is 15.6. The SMILES string of the molecule is CCO[PH]1(COc2ccc(C[C@@H]3[C@H](O)[C@@H](O)C(c4ccc(OC)cc4)N(Cc4cccc([N+](=O)[O-])c4)C(=O)N3Cc3cccc([N+](=O)[O-])c3)cc2)OC(C)O1. The number of non-ortho nitro benzene ring substituents is 2. The minimum absolute atomic E-state index is 0.0700. The Labute approximate surface area is 317 Å². The summed E-state index contributed by atoms with van der Waals surface area (Å²) in [6.45, 7) is 3.68. The van der Waals surface area contributed by atoms with Gasteiger partial charge in [0.2, 0.25) is 0 Å². The van der Waals surface area contributed by atoms with E-state index in [9.17, 15) is 30.4 Å². The summed E-state index contributed by atoms with van der Waals surface area (Å²) >= 11 is 0. The maximum atomic E-state index is 15.0. The topological polar surface area (TPSA) is 196 Å². The number of benzene rings is 4. The minimum atomic E-state index is -2.92. The zero-order chi connectivity index (χ0) is 39.3. The molecule has 0 spiro atoms. The van der Waals surface area contributed by atoms with Crippen LogP contribution in [0.1, 0.15) is 42.1 Å². The van der Waals surface area contributed by atoms with Gasteiger partial charge in [0.15, 0.2) is 0 Å². The van der Waals surface area contributed by atoms with Gasteiger partial charge in [0.05, 0.1) is 17.0 Å². The van der Waals surface area contributed by atoms with Crippen molar-refractivity contribution < 1.29 is 47.9 Å². The molecule has 2 amide bonds. The fourth-order valence-corrected chi connectivity index (χ4v) is 9.11. The molecule has 2 saturated heterocycles. The summed E-state index contributed by atoms with van der Waals surface area (Å²) in [5, 5.41) is 47.6. The second kappa shape index (κ2) is 17.1. The van der Waals surface area contributed by atoms with Gasteiger partial charge in [-0.05, 0) is 17.7 Å². The first-order chi connectivity index (χ1) is 26.4. The number of carbonyl (C=O) groups excluding carboxylic acids is 1. The fraction of sp³-hybridized carbons (Fsp3) is 0.342. The number of nitro groups is 2. The van der Waals surface area contributed by atoms with E-state index in [1.807, 2.05) is 6.92 Å². The molecule has 16 nitrogen and oxygen atoms in total. The van der Waals surface area contributed by atoms with Crippen LogP contribution in [-0.2, 0) is 33.1 Å². The van der Waals surface area contributed by atoms with Crippen LogP contribution in [-0.4, -0.2) is 80.5 Å². The van der Waals surface area contributed by atoms with Crippen molar-refractivity contribution >= 4 is 25.3 Å². The van der Waals surface area contributed by atoms with Crippen LogP contribution >= 0.6 is 7.94 Å². The van der Waals surface area contributed by atoms with E-state index < -0.39 is 48.1 Å². The van der Waals surface area contributed by atoms with Gasteiger partial charge in [-0.2, -0.15) is 0 Å². The zero-order valence-corrected chi connectivity index (χ0v) is 31.4. The van der Waals surface area contributed by atoms with E-state index in [1.165, 1.54) is 53.3 Å². The predicted molar refractivity (Wildman–Crippen MR) is 201 cm³/mol. The number of ether oxygens (including phenoxy) is 2. The average molecular weight is 779 g/mol. The van der Waals surface area contributed by atoms with Crippen molar-refractivity contribution in [2.24, 2.45) is 0 Å². The van der Waals surface area contributed by atoms with Crippen molar-refractivity contribution in [2.45, 2.75) is 63.9 Å². The van der Waals surface area contributed by atoms with Crippen molar-refractivity contribution in [2.75, 3.05) is 20.1 Å². The van der Waals surface area contributed by atoms with Crippen molar-refractivity contribution in [3.63, 3.8) is 0 Å². The van der Waals surface area contributed by atoms with Crippen LogP contribution in [0.4, 0.5) is 16.2 Å². The molecule has 2 aliphatic heterocycles. The number of aliphatic hydroxyl groups excluding tert-OH is 2. The number of carbonyl (C=O) groups is 1. The third-order valence-corrected chi connectivity index (χ3v) is 12.1. The summed E-state index contributed by atoms with van der Waals surface area (Å²) < 4.78 is 28.5. The van der Waals surface area contributed by atoms with Crippen molar-refractivity contribution in [3.8, 4) is 11.5 Å². The second-order valence-electron chi connectivity index (χ2n) is 13.2. The number of amides is 2. The molecule has 4 atom stereocenters. The Morgan fingerprint density at radius 2 is 1.35 bits per heavy atom. The van der Waals surface area contributed by atoms with Crippen molar-refractivity contribution in [3.05, 3.63) is 140 Å². The van der Waals surface area contributed by atoms with E-state index >= 15 is 4.79 Å². The number of hydrogen-bond acceptors (Lipinski definition) is 12. The molecule has 2 heterocycles. The fourth-order valence-electron chi connectivity index (χ4n) is 6.95. The van der Waals surface area contributed by atoms with E-state index in [4.69, 9.17) is 23.0 Å². The molecular formula is C38H43N4O12P. The van der Waals surface area contributed by atoms with Crippen LogP contribution < -0.4 is 9.47 Å². The van der Waals surface area contributed by atoms with Gasteiger partial charge in [-0.3, -0.25) is 20.2 Å². The summed E-state index contributed by atoms with van der Waals surface area (Å²) in [4.78, 5) is 40.1. The Kier molecular flexibility index (Phi) is 12.2. The molecule has 292 valence electrons. The Morgan fingerprint density at radius 3 is 1.87 bits per heavy atom. The third kappa shape index (κ3) is 9.02. The molecule has 0 bridgehead atoms. The van der Waals surface area contributed by atoms with Crippen LogP contribution in [0, 0.1) is 20.2 Å². The molecule has 2 fully saturated rings. The Morgan fingerprint density at radius 1 is 0.782 bits per heavy atom. The van der Waals surface area contributed by atoms with Gasteiger partial charge in [0.1, 0.15) is 5.75 Å². The molecule has 1 unspecified atom stereocenters. The Hall–Kier alpha value is -5.22. The molecule has 55 heavy (non-hydrogen) atoms. The van der Waals surface area contributed by atoms with Gasteiger partial charge in [0.25, 0.3) is 11.4 Å². The first-order valence-electron chi connectivity index (χ1n) is 17.7. The van der Waals surface area contributed by atoms with Gasteiger partial charge in [0, 0.05) is 18.2 Å². The zero-order valence-electron chi connectivity index (χ0n) is 30.4. The molecule has 2 aliphatic rings. The summed E-state index contributed by atoms with van der Waals surface area (Å²) in [5.41, 5.74) is 1.63. The number of hydrogen-bond donors (Lipinski definition) is 2. The van der Waals surface area contributed by atoms with Gasteiger partial charge >= 0.3 is 193 Å². The van der Waals surface area contributed by atoms with Crippen LogP contribution in [0.2, 0.25) is 0 Å². The van der Waals surface area contributed by atoms with Gasteiger partial charge in [-0.1, -0.05) is 30.3 Å². The quantitative estimate of drug-likeness (QED) is 0.0779. The van der Waals surface area contributed by atoms with Crippen LogP contribution in [0.3, 0.4) is 0 Å². The molecule has 6 rings (SSSR count). The van der Waals surface area contributed by atoms with E-state index in [-0.39, 0.29) is 43.5 Å². The molecule has 0 radical (unpaired) electrons. The summed E-state index contributed by atoms with van der Waals surface area (Å²) in [5.74, 6) is 1.04. The van der Waals surface area contributed by atoms with Gasteiger partial charge in [-0.15, -0.1) is 0 Å². The van der Waals surface area contributed by atoms with E-state index in [1.54, 1.807) is 67.6 Å². The Bertz CT molecular complexity index is 1970. The monoisotopic (exact) mass is 778 g/mol. The number of nitro benzene ring substituents is 2. The number of methoxy groups -OCH3 is 1. The molecule has 4 aromatic rings. The van der Waals surface area contributed by atoms with E-state index in [0.29, 0.717) is 40.4 Å². The third-order valence-electron chi connectivity index (χ3n) is 9.54.